The fourth-order valence-corrected chi connectivity index (χ4v) is 2.23. The van der Waals surface area contributed by atoms with Gasteiger partial charge in [-0.2, -0.15) is 0 Å². The summed E-state index contributed by atoms with van der Waals surface area (Å²) in [7, 11) is 0. The van der Waals surface area contributed by atoms with Crippen LogP contribution in [0.25, 0.3) is 0 Å². The van der Waals surface area contributed by atoms with E-state index in [1.54, 1.807) is 0 Å². The molecule has 0 saturated carbocycles. The van der Waals surface area contributed by atoms with Gasteiger partial charge in [-0.3, -0.25) is 0 Å². The number of carbonyl (C=O) groups excluding carboxylic acids is 1. The van der Waals surface area contributed by atoms with Gasteiger partial charge in [0, 0.05) is 25.7 Å². The fourth-order valence-electron chi connectivity index (χ4n) is 2.23. The largest absolute Gasteiger partial charge is 0.445 e. The third-order valence-corrected chi connectivity index (χ3v) is 3.34. The maximum Gasteiger partial charge on any atom is 0.407 e. The van der Waals surface area contributed by atoms with E-state index in [0.29, 0.717) is 19.2 Å². The van der Waals surface area contributed by atoms with Gasteiger partial charge in [-0.15, -0.1) is 0 Å². The molecule has 0 spiro atoms. The Labute approximate surface area is 120 Å². The third kappa shape index (κ3) is 5.59. The van der Waals surface area contributed by atoms with Crippen LogP contribution in [0.1, 0.15) is 18.4 Å². The van der Waals surface area contributed by atoms with Gasteiger partial charge in [0.1, 0.15) is 6.61 Å². The molecule has 0 aliphatic carbocycles. The third-order valence-electron chi connectivity index (χ3n) is 3.34. The Balaban J connectivity index is 1.47. The predicted octanol–water partition coefficient (Wildman–Crippen LogP) is 1.25. The Bertz CT molecular complexity index is 391. The molecule has 20 heavy (non-hydrogen) atoms. The van der Waals surface area contributed by atoms with E-state index in [1.165, 1.54) is 12.8 Å². The van der Waals surface area contributed by atoms with Crippen LogP contribution in [-0.4, -0.2) is 38.3 Å². The van der Waals surface area contributed by atoms with Crippen LogP contribution < -0.4 is 16.0 Å². The summed E-state index contributed by atoms with van der Waals surface area (Å²) in [4.78, 5) is 11.5. The van der Waals surface area contributed by atoms with E-state index in [2.05, 4.69) is 16.0 Å². The minimum Gasteiger partial charge on any atom is -0.445 e. The van der Waals surface area contributed by atoms with Gasteiger partial charge in [0.15, 0.2) is 0 Å². The summed E-state index contributed by atoms with van der Waals surface area (Å²) >= 11 is 0. The predicted molar refractivity (Wildman–Crippen MR) is 78.5 cm³/mol. The number of amides is 1. The van der Waals surface area contributed by atoms with Crippen LogP contribution in [0.2, 0.25) is 0 Å². The van der Waals surface area contributed by atoms with Gasteiger partial charge < -0.3 is 20.7 Å². The summed E-state index contributed by atoms with van der Waals surface area (Å²) in [5.74, 6) is 0. The van der Waals surface area contributed by atoms with Gasteiger partial charge in [0.05, 0.1) is 0 Å². The topological polar surface area (TPSA) is 62.4 Å². The van der Waals surface area contributed by atoms with E-state index in [9.17, 15) is 4.79 Å². The molecule has 0 unspecified atom stereocenters. The number of hydrogen-bond acceptors (Lipinski definition) is 4. The number of hydrogen-bond donors (Lipinski definition) is 3. The van der Waals surface area contributed by atoms with E-state index in [1.807, 2.05) is 30.3 Å². The molecule has 5 nitrogen and oxygen atoms in total. The van der Waals surface area contributed by atoms with Crippen LogP contribution in [0.5, 0.6) is 0 Å². The zero-order valence-corrected chi connectivity index (χ0v) is 11.7. The molecular weight excluding hydrogens is 254 g/mol. The first-order chi connectivity index (χ1) is 9.84. The van der Waals surface area contributed by atoms with E-state index in [4.69, 9.17) is 4.74 Å². The van der Waals surface area contributed by atoms with Gasteiger partial charge in [0.25, 0.3) is 0 Å². The summed E-state index contributed by atoms with van der Waals surface area (Å²) < 4.78 is 5.12. The average molecular weight is 277 g/mol. The highest BCUT2D eigenvalue weighted by Gasteiger charge is 2.12. The Morgan fingerprint density at radius 1 is 1.30 bits per heavy atom. The summed E-state index contributed by atoms with van der Waals surface area (Å²) in [6.07, 6.45) is 2.13. The maximum absolute atomic E-state index is 11.5. The second-order valence-corrected chi connectivity index (χ2v) is 4.99. The molecule has 2 rings (SSSR count). The van der Waals surface area contributed by atoms with Crippen molar-refractivity contribution < 1.29 is 9.53 Å². The van der Waals surface area contributed by atoms with Crippen molar-refractivity contribution in [3.8, 4) is 0 Å². The van der Waals surface area contributed by atoms with Gasteiger partial charge in [-0.1, -0.05) is 30.3 Å². The second kappa shape index (κ2) is 8.55. The van der Waals surface area contributed by atoms with Crippen LogP contribution >= 0.6 is 0 Å². The first-order valence-corrected chi connectivity index (χ1v) is 7.23. The Morgan fingerprint density at radius 3 is 2.90 bits per heavy atom. The highest BCUT2D eigenvalue weighted by molar-refractivity contribution is 5.67. The number of carbonyl (C=O) groups is 1. The van der Waals surface area contributed by atoms with Crippen molar-refractivity contribution in [1.82, 2.24) is 16.0 Å². The van der Waals surface area contributed by atoms with Crippen molar-refractivity contribution in [2.24, 2.45) is 0 Å². The van der Waals surface area contributed by atoms with Gasteiger partial charge in [-0.25, -0.2) is 4.79 Å². The van der Waals surface area contributed by atoms with Crippen molar-refractivity contribution in [3.05, 3.63) is 35.9 Å². The number of benzene rings is 1. The second-order valence-electron chi connectivity index (χ2n) is 4.99. The molecule has 1 aromatic rings. The molecule has 0 bridgehead atoms. The lowest BCUT2D eigenvalue weighted by atomic mass is 10.2. The lowest BCUT2D eigenvalue weighted by Crippen LogP contribution is -2.38. The Kier molecular flexibility index (Phi) is 6.34. The zero-order chi connectivity index (χ0) is 14.0. The minimum absolute atomic E-state index is 0.312. The molecule has 3 N–H and O–H groups in total. The molecule has 5 heteroatoms. The number of alkyl carbamates (subject to hydrolysis) is 1. The summed E-state index contributed by atoms with van der Waals surface area (Å²) in [5.41, 5.74) is 0.994. The van der Waals surface area contributed by atoms with E-state index in [-0.39, 0.29) is 6.09 Å². The van der Waals surface area contributed by atoms with Crippen LogP contribution in [0.15, 0.2) is 30.3 Å². The Morgan fingerprint density at radius 2 is 2.15 bits per heavy atom. The summed E-state index contributed by atoms with van der Waals surface area (Å²) in [5, 5.41) is 9.48. The first kappa shape index (κ1) is 14.8. The monoisotopic (exact) mass is 277 g/mol. The lowest BCUT2D eigenvalue weighted by Gasteiger charge is -2.11. The first-order valence-electron chi connectivity index (χ1n) is 7.23. The summed E-state index contributed by atoms with van der Waals surface area (Å²) in [6.45, 7) is 3.74. The molecule has 1 saturated heterocycles. The van der Waals surface area contributed by atoms with Crippen LogP contribution in [-0.2, 0) is 11.3 Å². The van der Waals surface area contributed by atoms with Gasteiger partial charge in [-0.05, 0) is 24.9 Å². The van der Waals surface area contributed by atoms with Crippen molar-refractivity contribution in [3.63, 3.8) is 0 Å². The molecule has 1 heterocycles. The molecule has 1 aromatic carbocycles. The molecule has 1 amide bonds. The molecule has 110 valence electrons. The SMILES string of the molecule is O=C(NCCNC[C@@H]1CCCN1)OCc1ccccc1. The normalized spacial score (nSPS) is 17.9. The lowest BCUT2D eigenvalue weighted by molar-refractivity contribution is 0.139. The van der Waals surface area contributed by atoms with Crippen molar-refractivity contribution in [2.75, 3.05) is 26.2 Å². The fraction of sp³-hybridized carbons (Fsp3) is 0.533. The van der Waals surface area contributed by atoms with E-state index < -0.39 is 0 Å². The summed E-state index contributed by atoms with van der Waals surface area (Å²) in [6, 6.07) is 10.2. The van der Waals surface area contributed by atoms with Gasteiger partial charge >= 0.3 is 6.09 Å². The maximum atomic E-state index is 11.5. The van der Waals surface area contributed by atoms with Crippen molar-refractivity contribution in [1.29, 1.82) is 0 Å². The molecule has 0 aromatic heterocycles. The number of rotatable bonds is 7. The highest BCUT2D eigenvalue weighted by atomic mass is 16.5. The standard InChI is InChI=1S/C15H23N3O2/c19-15(20-12-13-5-2-1-3-6-13)18-10-9-16-11-14-7-4-8-17-14/h1-3,5-6,14,16-17H,4,7-12H2,(H,18,19)/t14-/m0/s1. The molecular formula is C15H23N3O2. The molecule has 1 fully saturated rings. The van der Waals surface area contributed by atoms with E-state index in [0.717, 1.165) is 25.2 Å². The van der Waals surface area contributed by atoms with Crippen LogP contribution in [0.4, 0.5) is 4.79 Å². The molecule has 1 atom stereocenters. The van der Waals surface area contributed by atoms with Crippen LogP contribution in [0, 0.1) is 0 Å². The quantitative estimate of drug-likeness (QED) is 0.657. The van der Waals surface area contributed by atoms with Crippen LogP contribution in [0.3, 0.4) is 0 Å². The molecule has 1 aliphatic heterocycles. The minimum atomic E-state index is -0.366. The van der Waals surface area contributed by atoms with E-state index >= 15 is 0 Å². The number of nitrogens with one attached hydrogen (secondary N) is 3. The highest BCUT2D eigenvalue weighted by Crippen LogP contribution is 2.02. The van der Waals surface area contributed by atoms with Crippen molar-refractivity contribution in [2.45, 2.75) is 25.5 Å². The van der Waals surface area contributed by atoms with Gasteiger partial charge in [0.2, 0.25) is 0 Å². The number of ether oxygens (including phenoxy) is 1. The van der Waals surface area contributed by atoms with Crippen molar-refractivity contribution >= 4 is 6.09 Å². The molecule has 0 radical (unpaired) electrons. The average Bonchev–Trinajstić information content (AvgIpc) is 2.99. The Hall–Kier alpha value is -1.59. The zero-order valence-electron chi connectivity index (χ0n) is 11.7. The molecule has 1 aliphatic rings. The smallest absolute Gasteiger partial charge is 0.407 e.